The van der Waals surface area contributed by atoms with Crippen LogP contribution in [0.3, 0.4) is 0 Å². The number of benzene rings is 1. The van der Waals surface area contributed by atoms with Crippen LogP contribution in [0.15, 0.2) is 52.0 Å². The summed E-state index contributed by atoms with van der Waals surface area (Å²) >= 11 is 13.5. The lowest BCUT2D eigenvalue weighted by molar-refractivity contribution is 0.396. The molecule has 0 radical (unpaired) electrons. The molecule has 0 aliphatic carbocycles. The minimum absolute atomic E-state index is 0.212. The fourth-order valence-electron chi connectivity index (χ4n) is 3.33. The number of halogens is 1. The summed E-state index contributed by atoms with van der Waals surface area (Å²) in [7, 11) is 0. The van der Waals surface area contributed by atoms with Gasteiger partial charge in [0.2, 0.25) is 5.82 Å². The van der Waals surface area contributed by atoms with Gasteiger partial charge >= 0.3 is 0 Å². The molecule has 0 saturated heterocycles. The van der Waals surface area contributed by atoms with Gasteiger partial charge in [-0.3, -0.25) is 0 Å². The summed E-state index contributed by atoms with van der Waals surface area (Å²) in [6.45, 7) is 4.99. The highest BCUT2D eigenvalue weighted by Crippen LogP contribution is 2.38. The van der Waals surface area contributed by atoms with Gasteiger partial charge < -0.3 is 14.7 Å². The maximum atomic E-state index is 6.24. The second kappa shape index (κ2) is 8.03. The van der Waals surface area contributed by atoms with Gasteiger partial charge in [0, 0.05) is 17.3 Å². The monoisotopic (exact) mass is 430 g/mol. The summed E-state index contributed by atoms with van der Waals surface area (Å²) in [5.74, 6) is 1.08. The molecular weight excluding hydrogens is 412 g/mol. The fraction of sp³-hybridized carbons (Fsp3) is 0.250. The molecule has 1 aliphatic rings. The Morgan fingerprint density at radius 3 is 2.89 bits per heavy atom. The molecule has 28 heavy (non-hydrogen) atoms. The van der Waals surface area contributed by atoms with Crippen molar-refractivity contribution in [3.05, 3.63) is 64.0 Å². The zero-order valence-corrected chi connectivity index (χ0v) is 17.9. The van der Waals surface area contributed by atoms with E-state index < -0.39 is 0 Å². The highest BCUT2D eigenvalue weighted by atomic mass is 35.5. The Kier molecular flexibility index (Phi) is 5.48. The molecule has 0 amide bonds. The molecule has 0 saturated carbocycles. The lowest BCUT2D eigenvalue weighted by Crippen LogP contribution is -2.46. The largest absolute Gasteiger partial charge is 0.351 e. The van der Waals surface area contributed by atoms with Crippen molar-refractivity contribution in [2.45, 2.75) is 26.3 Å². The molecule has 1 unspecified atom stereocenters. The maximum absolute atomic E-state index is 6.24. The summed E-state index contributed by atoms with van der Waals surface area (Å²) in [6.07, 6.45) is 0.971. The summed E-state index contributed by atoms with van der Waals surface area (Å²) < 4.78 is 5.69. The van der Waals surface area contributed by atoms with Crippen LogP contribution in [0.1, 0.15) is 37.8 Å². The van der Waals surface area contributed by atoms with Crippen LogP contribution < -0.4 is 5.32 Å². The Labute approximate surface area is 178 Å². The SMILES string of the molecule is CCCN1C(=S)NC(c2cccc(Cl)c2)C(c2nc(-c3cccs3)no2)=C1C. The van der Waals surface area contributed by atoms with Crippen LogP contribution in [0, 0.1) is 0 Å². The van der Waals surface area contributed by atoms with Crippen molar-refractivity contribution < 1.29 is 4.52 Å². The molecule has 3 heterocycles. The zero-order valence-electron chi connectivity index (χ0n) is 15.5. The van der Waals surface area contributed by atoms with E-state index in [0.29, 0.717) is 21.9 Å². The fourth-order valence-corrected chi connectivity index (χ4v) is 4.52. The molecule has 2 aromatic heterocycles. The van der Waals surface area contributed by atoms with Crippen molar-refractivity contribution >= 4 is 45.8 Å². The van der Waals surface area contributed by atoms with Gasteiger partial charge in [0.1, 0.15) is 0 Å². The third-order valence-electron chi connectivity index (χ3n) is 4.62. The quantitative estimate of drug-likeness (QED) is 0.537. The predicted octanol–water partition coefficient (Wildman–Crippen LogP) is 5.52. The van der Waals surface area contributed by atoms with Gasteiger partial charge in [-0.2, -0.15) is 4.98 Å². The van der Waals surface area contributed by atoms with Gasteiger partial charge in [-0.05, 0) is 54.7 Å². The molecule has 3 aromatic rings. The Hall–Kier alpha value is -2.22. The molecule has 0 fully saturated rings. The van der Waals surface area contributed by atoms with Crippen molar-refractivity contribution in [2.24, 2.45) is 0 Å². The van der Waals surface area contributed by atoms with Crippen LogP contribution >= 0.6 is 35.2 Å². The molecule has 4 rings (SSSR count). The number of nitrogens with one attached hydrogen (secondary N) is 1. The average molecular weight is 431 g/mol. The first-order chi connectivity index (χ1) is 13.6. The molecule has 5 nitrogen and oxygen atoms in total. The van der Waals surface area contributed by atoms with E-state index in [1.165, 1.54) is 0 Å². The van der Waals surface area contributed by atoms with E-state index in [2.05, 4.69) is 27.3 Å². The third-order valence-corrected chi connectivity index (χ3v) is 6.06. The number of rotatable bonds is 5. The molecule has 144 valence electrons. The number of thiophene rings is 1. The highest BCUT2D eigenvalue weighted by Gasteiger charge is 2.33. The first-order valence-electron chi connectivity index (χ1n) is 9.00. The number of allylic oxidation sites excluding steroid dienone is 1. The van der Waals surface area contributed by atoms with Crippen molar-refractivity contribution in [1.29, 1.82) is 0 Å². The Morgan fingerprint density at radius 1 is 1.32 bits per heavy atom. The highest BCUT2D eigenvalue weighted by molar-refractivity contribution is 7.80. The van der Waals surface area contributed by atoms with Crippen molar-refractivity contribution in [1.82, 2.24) is 20.4 Å². The van der Waals surface area contributed by atoms with Gasteiger partial charge in [0.25, 0.3) is 5.89 Å². The number of hydrogen-bond donors (Lipinski definition) is 1. The molecule has 0 bridgehead atoms. The molecule has 1 aliphatic heterocycles. The van der Waals surface area contributed by atoms with E-state index >= 15 is 0 Å². The summed E-state index contributed by atoms with van der Waals surface area (Å²) in [6, 6.07) is 11.5. The van der Waals surface area contributed by atoms with E-state index in [1.807, 2.05) is 48.7 Å². The molecule has 8 heteroatoms. The van der Waals surface area contributed by atoms with Gasteiger partial charge in [-0.1, -0.05) is 41.9 Å². The molecule has 1 N–H and O–H groups in total. The standard InChI is InChI=1S/C20H19ClN4OS2/c1-3-9-25-12(2)16(19-23-18(24-26-19)15-8-5-10-28-15)17(22-20(25)27)13-6-4-7-14(21)11-13/h4-8,10-11,17H,3,9H2,1-2H3,(H,22,27). The van der Waals surface area contributed by atoms with Crippen LogP contribution in [-0.4, -0.2) is 26.7 Å². The predicted molar refractivity (Wildman–Crippen MR) is 117 cm³/mol. The van der Waals surface area contributed by atoms with E-state index in [9.17, 15) is 0 Å². The third kappa shape index (κ3) is 3.57. The first-order valence-corrected chi connectivity index (χ1v) is 10.7. The van der Waals surface area contributed by atoms with Crippen molar-refractivity contribution in [2.75, 3.05) is 6.54 Å². The van der Waals surface area contributed by atoms with Crippen molar-refractivity contribution in [3.63, 3.8) is 0 Å². The van der Waals surface area contributed by atoms with Gasteiger partial charge in [-0.15, -0.1) is 11.3 Å². The van der Waals surface area contributed by atoms with E-state index in [-0.39, 0.29) is 6.04 Å². The molecule has 0 spiro atoms. The summed E-state index contributed by atoms with van der Waals surface area (Å²) in [5.41, 5.74) is 2.92. The van der Waals surface area contributed by atoms with Crippen LogP contribution in [0.4, 0.5) is 0 Å². The molecular formula is C20H19ClN4OS2. The second-order valence-corrected chi connectivity index (χ2v) is 8.26. The van der Waals surface area contributed by atoms with Crippen LogP contribution in [0.25, 0.3) is 16.3 Å². The summed E-state index contributed by atoms with van der Waals surface area (Å²) in [4.78, 5) is 7.73. The lowest BCUT2D eigenvalue weighted by Gasteiger charge is -2.37. The summed E-state index contributed by atoms with van der Waals surface area (Å²) in [5, 5.41) is 11.0. The maximum Gasteiger partial charge on any atom is 0.258 e. The minimum Gasteiger partial charge on any atom is -0.351 e. The Morgan fingerprint density at radius 2 is 2.18 bits per heavy atom. The topological polar surface area (TPSA) is 54.2 Å². The minimum atomic E-state index is -0.212. The number of thiocarbonyl (C=S) groups is 1. The number of hydrogen-bond acceptors (Lipinski definition) is 5. The van der Waals surface area contributed by atoms with Gasteiger partial charge in [0.05, 0.1) is 16.5 Å². The zero-order chi connectivity index (χ0) is 19.7. The lowest BCUT2D eigenvalue weighted by atomic mass is 9.95. The number of aromatic nitrogens is 2. The smallest absolute Gasteiger partial charge is 0.258 e. The van der Waals surface area contributed by atoms with Crippen LogP contribution in [0.2, 0.25) is 5.02 Å². The van der Waals surface area contributed by atoms with E-state index in [1.54, 1.807) is 11.3 Å². The van der Waals surface area contributed by atoms with Crippen LogP contribution in [-0.2, 0) is 0 Å². The molecule has 1 aromatic carbocycles. The Bertz CT molecular complexity index is 1030. The normalized spacial score (nSPS) is 17.2. The number of nitrogens with zero attached hydrogens (tertiary/aromatic N) is 3. The van der Waals surface area contributed by atoms with E-state index in [0.717, 1.165) is 34.7 Å². The Balaban J connectivity index is 1.83. The van der Waals surface area contributed by atoms with Crippen molar-refractivity contribution in [3.8, 4) is 10.7 Å². The first kappa shape index (κ1) is 19.1. The second-order valence-electron chi connectivity index (χ2n) is 6.49. The van der Waals surface area contributed by atoms with E-state index in [4.69, 9.17) is 28.3 Å². The van der Waals surface area contributed by atoms with Gasteiger partial charge in [-0.25, -0.2) is 0 Å². The molecule has 1 atom stereocenters. The average Bonchev–Trinajstić information content (AvgIpc) is 3.36. The van der Waals surface area contributed by atoms with Crippen LogP contribution in [0.5, 0.6) is 0 Å². The van der Waals surface area contributed by atoms with Gasteiger partial charge in [0.15, 0.2) is 5.11 Å².